The summed E-state index contributed by atoms with van der Waals surface area (Å²) in [6, 6.07) is -3.10. The smallest absolute Gasteiger partial charge is 0.341 e. The van der Waals surface area contributed by atoms with Crippen molar-refractivity contribution < 1.29 is 156 Å². The van der Waals surface area contributed by atoms with Gasteiger partial charge in [-0.3, -0.25) is 47.5 Å². The number of hydrogen-bond donors (Lipinski definition) is 24. The molecule has 0 radical (unpaired) electrons. The molecule has 131 heavy (non-hydrogen) atoms. The van der Waals surface area contributed by atoms with Crippen LogP contribution in [0.2, 0.25) is 10.0 Å². The third-order valence-electron chi connectivity index (χ3n) is 23.3. The number of benzene rings is 5. The number of hydrogen-bond acceptors (Lipinski definition) is 30. The van der Waals surface area contributed by atoms with Crippen molar-refractivity contribution in [2.45, 2.75) is 233 Å². The number of carbonyl (C=O) groups excluding carboxylic acids is 9. The number of unbranched alkanes of at least 4 members (excludes halogenated alkanes) is 7. The number of primary amides is 1. The van der Waals surface area contributed by atoms with E-state index in [1.807, 2.05) is 0 Å². The fourth-order valence-corrected chi connectivity index (χ4v) is 19.1. The highest BCUT2D eigenvalue weighted by atomic mass is 35.5. The van der Waals surface area contributed by atoms with Crippen LogP contribution in [-0.4, -0.2) is 259 Å². The van der Waals surface area contributed by atoms with Crippen molar-refractivity contribution in [2.75, 3.05) is 39.8 Å². The molecule has 0 aromatic heterocycles. The molecule has 2 fully saturated rings. The van der Waals surface area contributed by atoms with Crippen molar-refractivity contribution >= 4 is 97.9 Å². The van der Waals surface area contributed by atoms with Crippen molar-refractivity contribution in [1.29, 1.82) is 0 Å². The van der Waals surface area contributed by atoms with Crippen LogP contribution < -0.4 is 67.8 Å². The zero-order valence-electron chi connectivity index (χ0n) is 72.0. The highest BCUT2D eigenvalue weighted by molar-refractivity contribution is 7.70. The maximum atomic E-state index is 16.4. The molecule has 7 heterocycles. The lowest BCUT2D eigenvalue weighted by atomic mass is 9.82. The van der Waals surface area contributed by atoms with Crippen molar-refractivity contribution in [1.82, 2.24) is 52.8 Å². The van der Waals surface area contributed by atoms with E-state index in [0.717, 1.165) is 123 Å². The largest absolute Gasteiger partial charge is 0.507 e. The van der Waals surface area contributed by atoms with Crippen LogP contribution in [-0.2, 0) is 77.8 Å². The summed E-state index contributed by atoms with van der Waals surface area (Å²) in [6.07, 6.45) is -15.6. The predicted molar refractivity (Wildman–Crippen MR) is 463 cm³/mol. The van der Waals surface area contributed by atoms with Crippen molar-refractivity contribution in [3.63, 3.8) is 0 Å². The first-order valence-electron chi connectivity index (χ1n) is 42.3. The van der Waals surface area contributed by atoms with Crippen LogP contribution in [0.25, 0.3) is 11.1 Å². The molecule has 5 aromatic carbocycles. The Morgan fingerprint density at radius 1 is 0.702 bits per heavy atom. The highest BCUT2D eigenvalue weighted by Gasteiger charge is 2.56. The summed E-state index contributed by atoms with van der Waals surface area (Å²) in [5, 5.41) is 139. The van der Waals surface area contributed by atoms with Gasteiger partial charge in [-0.25, -0.2) is 4.79 Å². The third kappa shape index (κ3) is 24.8. The van der Waals surface area contributed by atoms with E-state index >= 15 is 24.0 Å². The van der Waals surface area contributed by atoms with Crippen LogP contribution in [0, 0.1) is 5.92 Å². The van der Waals surface area contributed by atoms with Crippen LogP contribution in [0.4, 0.5) is 0 Å². The Hall–Kier alpha value is -9.80. The van der Waals surface area contributed by atoms with Crippen molar-refractivity contribution in [3.8, 4) is 57.1 Å². The van der Waals surface area contributed by atoms with Gasteiger partial charge in [-0.05, 0) is 123 Å². The number of carbonyl (C=O) groups is 10. The second-order valence-electron chi connectivity index (χ2n) is 33.3. The lowest BCUT2D eigenvalue weighted by Gasteiger charge is -2.52. The number of nitrogens with two attached hydrogens (primary N) is 1. The summed E-state index contributed by atoms with van der Waals surface area (Å²) in [5.41, 5.74) is -0.252. The molecule has 47 heteroatoms. The van der Waals surface area contributed by atoms with E-state index < -0.39 is 311 Å². The van der Waals surface area contributed by atoms with E-state index in [1.54, 1.807) is 13.8 Å². The number of nitrogens with one attached hydrogen (secondary N) is 9. The number of aliphatic hydroxyl groups is 6. The number of likely N-dealkylation sites (N-methyl/N-ethyl adjacent to an activating group) is 1. The molecule has 43 nitrogen and oxygen atoms in total. The Morgan fingerprint density at radius 3 is 1.88 bits per heavy atom. The zero-order chi connectivity index (χ0) is 96.2. The molecule has 18 atom stereocenters. The van der Waals surface area contributed by atoms with Gasteiger partial charge >= 0.3 is 21.2 Å². The van der Waals surface area contributed by atoms with Gasteiger partial charge in [-0.15, -0.1) is 0 Å². The summed E-state index contributed by atoms with van der Waals surface area (Å²) in [6.45, 7) is 6.16. The van der Waals surface area contributed by atoms with Crippen LogP contribution in [0.5, 0.6) is 46.0 Å². The maximum Gasteiger partial charge on any atom is 0.341 e. The lowest BCUT2D eigenvalue weighted by molar-refractivity contribution is -0.337. The van der Waals surface area contributed by atoms with Gasteiger partial charge in [-0.1, -0.05) is 107 Å². The average Bonchev–Trinajstić information content (AvgIpc) is 0.754. The standard InChI is InChI=1S/C84H111Cl2N11O32P2/c1-7-8-9-10-11-12-13-14-21-89-22-24-97(59(103)34-61(130(118,119)120)131(121,122)123)84(5)35-60(124-39(4)75(84)109)128-74-72(108)71(107)57(37-99)127-83(74)129-73-55-30-43-31-56(73)126-54-20-17-42(29-48(54)86)69(105)67-81(115)94-65(82(116)117)45-32-52(101)46(36-90-23-25-98)70(106)62(45)44-27-40(15-18-51(44)100)63(78(112)96-67)93-79(113)64(43)92-77(111)50(33-58(87)102)91-80(114)66(95-76(110)49(88-6)26-38(2)3)68(104)41-16-19-53(125-55)47(85)28-41/h15-20,25,27-32,38-39,49-50,57,60-61,63-69,71-72,74-75,83,88-90,99-101,104-109H,7-14,21-24,26,33-37H2,1-6H3,(H2,87,102)(H,91,114)(H,92,111)(H,93,113)(H,94,115)(H,95,110)(H,96,112)(H,116,117)(H2,118,119,120)(H2,121,122,123)/t39?,49?,50?,57?,60?,63?,64?,65-,66?,67?,68+,69-,71?,72?,74?,75?,83?,84-/m1/s1. The number of fused-ring (bicyclic) bond motifs is 15. The quantitative estimate of drug-likeness (QED) is 0.0159. The lowest BCUT2D eigenvalue weighted by Crippen LogP contribution is -2.67. The third-order valence-corrected chi connectivity index (χ3v) is 27.6. The average molecular weight is 1920 g/mol. The van der Waals surface area contributed by atoms with Gasteiger partial charge in [0.25, 0.3) is 0 Å². The number of aliphatic carboxylic acids is 1. The van der Waals surface area contributed by atoms with Crippen LogP contribution in [0.15, 0.2) is 72.8 Å². The molecule has 7 aliphatic heterocycles. The molecule has 7 aliphatic rings. The van der Waals surface area contributed by atoms with Gasteiger partial charge in [0.1, 0.15) is 102 Å². The Bertz CT molecular complexity index is 5110. The zero-order valence-corrected chi connectivity index (χ0v) is 75.3. The predicted octanol–water partition coefficient (Wildman–Crippen LogP) is 2.07. The normalized spacial score (nSPS) is 25.7. The fourth-order valence-electron chi connectivity index (χ4n) is 16.3. The summed E-state index contributed by atoms with van der Waals surface area (Å²) in [4.78, 5) is 188. The summed E-state index contributed by atoms with van der Waals surface area (Å²) < 4.78 is 65.0. The number of aromatic hydroxyl groups is 3. The number of halogens is 2. The number of nitrogens with zero attached hydrogens (tertiary/aromatic N) is 1. The number of aliphatic hydroxyl groups excluding tert-OH is 6. The van der Waals surface area contributed by atoms with E-state index in [2.05, 4.69) is 54.8 Å². The van der Waals surface area contributed by atoms with Crippen molar-refractivity contribution in [2.24, 2.45) is 11.7 Å². The minimum absolute atomic E-state index is 0.0811. The number of carboxylic acid groups (broad SMARTS) is 1. The van der Waals surface area contributed by atoms with E-state index in [0.29, 0.717) is 19.3 Å². The Balaban J connectivity index is 1.19. The Labute approximate surface area is 760 Å². The molecule has 2 saturated heterocycles. The summed E-state index contributed by atoms with van der Waals surface area (Å²) in [5.74, 6) is -19.0. The number of rotatable bonds is 34. The molecular weight excluding hydrogens is 1810 g/mol. The van der Waals surface area contributed by atoms with Gasteiger partial charge in [-0.2, -0.15) is 0 Å². The molecule has 12 rings (SSSR count). The number of amides is 8. The number of carboxylic acids is 1. The Kier molecular flexibility index (Phi) is 35.3. The molecular formula is C84H111Cl2N11O32P2. The summed E-state index contributed by atoms with van der Waals surface area (Å²) in [7, 11) is -10.2. The molecule has 14 unspecified atom stereocenters. The van der Waals surface area contributed by atoms with E-state index in [-0.39, 0.29) is 36.6 Å². The van der Waals surface area contributed by atoms with Crippen molar-refractivity contribution in [3.05, 3.63) is 116 Å². The first-order chi connectivity index (χ1) is 61.8. The number of phenols is 3. The highest BCUT2D eigenvalue weighted by Crippen LogP contribution is 2.62. The molecule has 5 aromatic rings. The second kappa shape index (κ2) is 44.8. The first kappa shape index (κ1) is 103. The monoisotopic (exact) mass is 1920 g/mol. The Morgan fingerprint density at radius 2 is 1.30 bits per heavy atom. The van der Waals surface area contributed by atoms with E-state index in [9.17, 15) is 104 Å². The van der Waals surface area contributed by atoms with Gasteiger partial charge in [0.05, 0.1) is 59.3 Å². The maximum absolute atomic E-state index is 16.4. The fraction of sp³-hybridized carbons (Fsp3) is 0.524. The van der Waals surface area contributed by atoms with Crippen LogP contribution in [0.3, 0.4) is 0 Å². The molecule has 0 aliphatic carbocycles. The molecule has 8 amide bonds. The first-order valence-corrected chi connectivity index (χ1v) is 46.4. The van der Waals surface area contributed by atoms with Crippen LogP contribution in [0.1, 0.15) is 175 Å². The number of ether oxygens (including phenoxy) is 6. The molecule has 718 valence electrons. The second-order valence-corrected chi connectivity index (χ2v) is 38.1. The minimum atomic E-state index is -5.80. The van der Waals surface area contributed by atoms with Gasteiger partial charge in [0.2, 0.25) is 59.3 Å². The SMILES string of the molecule is CCCCCCCCCCNCCN(C(=O)CC(P(=O)(O)O)P(=O)(O)O)[C@]1(C)CC(OC2C(Oc3c4cc5cc3Oc3ccc(cc3Cl)[C@H](O)C(NC(=O)C(CC(C)C)NC)C(=O)NC(CC(N)=O)C(=O)NC5C(=O)NC3C(=O)NC(C(=O)N[C@@H](C(=O)O)c5cc(O)c(CNCC=O)c(O)c5-c5cc3ccc5O)[C@H](O)c3ccc(c(Cl)c3)O4)OC(CO)C(O)C2O)OC(C)C1O. The molecule has 25 N–H and O–H groups in total. The van der Waals surface area contributed by atoms with Gasteiger partial charge in [0, 0.05) is 42.7 Å². The van der Waals surface area contributed by atoms with E-state index in [4.69, 9.17) is 57.4 Å². The topological polar surface area (TPSA) is 681 Å². The van der Waals surface area contributed by atoms with E-state index in [1.165, 1.54) is 20.9 Å². The number of phenolic OH excluding ortho intramolecular Hbond substituents is 3. The van der Waals surface area contributed by atoms with Gasteiger partial charge in [0.15, 0.2) is 35.3 Å². The summed E-state index contributed by atoms with van der Waals surface area (Å²) >= 11 is 14.3. The minimum Gasteiger partial charge on any atom is -0.507 e. The molecule has 0 spiro atoms. The number of aldehydes is 1. The van der Waals surface area contributed by atoms with Gasteiger partial charge < -0.3 is 162 Å². The molecule has 11 bridgehead atoms. The molecule has 0 saturated carbocycles. The van der Waals surface area contributed by atoms with Crippen LogP contribution >= 0.6 is 38.4 Å².